The number of hydrogen-bond donors (Lipinski definition) is 0. The lowest BCUT2D eigenvalue weighted by Crippen LogP contribution is -3.00. The number of benzene rings is 1. The maximum absolute atomic E-state index is 2.53. The average molecular weight is 494 g/mol. The smallest absolute Gasteiger partial charge is 0.0780 e. The fourth-order valence-electron chi connectivity index (χ4n) is 4.56. The number of nitrogens with zero attached hydrogens (tertiary/aromatic N) is 2. The summed E-state index contributed by atoms with van der Waals surface area (Å²) in [5.41, 5.74) is 3.00. The normalized spacial score (nSPS) is 11.7. The van der Waals surface area contributed by atoms with E-state index in [-0.39, 0.29) is 17.0 Å². The summed E-state index contributed by atoms with van der Waals surface area (Å²) in [6.07, 6.45) is 21.7. The molecule has 2 nitrogen and oxygen atoms in total. The summed E-state index contributed by atoms with van der Waals surface area (Å²) >= 11 is 0. The monoisotopic (exact) mass is 492 g/mol. The van der Waals surface area contributed by atoms with E-state index in [1.54, 1.807) is 5.56 Å². The second kappa shape index (κ2) is 15.9. The lowest BCUT2D eigenvalue weighted by molar-refractivity contribution is -0.870. The molecular weight excluding hydrogens is 444 g/mol. The number of fused-ring (bicyclic) bond motifs is 1. The zero-order valence-corrected chi connectivity index (χ0v) is 22.6. The van der Waals surface area contributed by atoms with Gasteiger partial charge in [-0.05, 0) is 43.7 Å². The van der Waals surface area contributed by atoms with Crippen molar-refractivity contribution in [3.05, 3.63) is 36.0 Å². The molecule has 0 aliphatic carbocycles. The summed E-state index contributed by atoms with van der Waals surface area (Å²) in [5.74, 6) is 0. The van der Waals surface area contributed by atoms with E-state index in [1.165, 1.54) is 114 Å². The molecule has 0 saturated heterocycles. The van der Waals surface area contributed by atoms with Gasteiger partial charge in [0.05, 0.1) is 27.7 Å². The van der Waals surface area contributed by atoms with E-state index in [9.17, 15) is 0 Å². The van der Waals surface area contributed by atoms with Crippen LogP contribution in [0.5, 0.6) is 0 Å². The Morgan fingerprint density at radius 3 is 1.94 bits per heavy atom. The highest BCUT2D eigenvalue weighted by atomic mass is 79.9. The van der Waals surface area contributed by atoms with Crippen LogP contribution in [0.1, 0.15) is 96.0 Å². The molecule has 0 aliphatic rings. The van der Waals surface area contributed by atoms with Crippen LogP contribution in [0, 0.1) is 0 Å². The summed E-state index contributed by atoms with van der Waals surface area (Å²) in [6, 6.07) is 9.02. The number of aryl methyl sites for hydroxylation is 2. The molecule has 0 N–H and O–H groups in total. The molecule has 178 valence electrons. The van der Waals surface area contributed by atoms with Gasteiger partial charge < -0.3 is 26.0 Å². The van der Waals surface area contributed by atoms with Gasteiger partial charge in [0.15, 0.2) is 0 Å². The topological polar surface area (TPSA) is 4.93 Å². The number of hydrogen-bond acceptors (Lipinski definition) is 0. The Morgan fingerprint density at radius 2 is 1.29 bits per heavy atom. The molecule has 0 fully saturated rings. The van der Waals surface area contributed by atoms with Gasteiger partial charge in [-0.1, -0.05) is 82.9 Å². The van der Waals surface area contributed by atoms with Crippen LogP contribution in [-0.2, 0) is 13.0 Å². The third-order valence-corrected chi connectivity index (χ3v) is 6.40. The van der Waals surface area contributed by atoms with E-state index in [0.717, 1.165) is 4.48 Å². The molecular formula is C28H49BrN2. The highest BCUT2D eigenvalue weighted by Gasteiger charge is 2.08. The first kappa shape index (κ1) is 28.2. The molecule has 3 heteroatoms. The molecule has 0 atom stereocenters. The van der Waals surface area contributed by atoms with Crippen LogP contribution in [0.2, 0.25) is 0 Å². The second-order valence-electron chi connectivity index (χ2n) is 10.4. The highest BCUT2D eigenvalue weighted by molar-refractivity contribution is 5.83. The first-order valence-electron chi connectivity index (χ1n) is 12.9. The van der Waals surface area contributed by atoms with E-state index < -0.39 is 0 Å². The Labute approximate surface area is 203 Å². The van der Waals surface area contributed by atoms with E-state index in [2.05, 4.69) is 63.1 Å². The number of aromatic nitrogens is 1. The van der Waals surface area contributed by atoms with Crippen molar-refractivity contribution in [1.29, 1.82) is 0 Å². The van der Waals surface area contributed by atoms with E-state index in [1.807, 2.05) is 0 Å². The molecule has 0 radical (unpaired) electrons. The molecule has 0 spiro atoms. The SMILES string of the molecule is CCCCCCc1cn(CCCCCCCCCCC[N+](C)(C)C)c2ccccc12.[Br-]. The minimum absolute atomic E-state index is 0. The molecule has 31 heavy (non-hydrogen) atoms. The fraction of sp³-hybridized carbons (Fsp3) is 0.714. The van der Waals surface area contributed by atoms with Gasteiger partial charge >= 0.3 is 0 Å². The van der Waals surface area contributed by atoms with Crippen LogP contribution >= 0.6 is 0 Å². The van der Waals surface area contributed by atoms with Gasteiger partial charge in [0.2, 0.25) is 0 Å². The molecule has 2 aromatic rings. The van der Waals surface area contributed by atoms with Crippen LogP contribution in [-0.4, -0.2) is 36.7 Å². The lowest BCUT2D eigenvalue weighted by atomic mass is 10.1. The number of quaternary nitrogens is 1. The van der Waals surface area contributed by atoms with Crippen LogP contribution in [0.3, 0.4) is 0 Å². The van der Waals surface area contributed by atoms with Crippen molar-refractivity contribution in [1.82, 2.24) is 4.57 Å². The van der Waals surface area contributed by atoms with Gasteiger partial charge in [-0.25, -0.2) is 0 Å². The Balaban J connectivity index is 0.00000480. The number of unbranched alkanes of at least 4 members (excludes halogenated alkanes) is 11. The van der Waals surface area contributed by atoms with Gasteiger partial charge in [0, 0.05) is 23.6 Å². The Kier molecular flexibility index (Phi) is 14.5. The standard InChI is InChI=1S/C28H49N2.BrH/c1-5-6-7-15-20-26-25-29(28-22-17-16-21-27(26)28)23-18-13-11-9-8-10-12-14-19-24-30(2,3)4;/h16-17,21-22,25H,5-15,18-20,23-24H2,1-4H3;1H/q+1;/p-1. The van der Waals surface area contributed by atoms with E-state index in [0.29, 0.717) is 0 Å². The summed E-state index contributed by atoms with van der Waals surface area (Å²) in [5, 5.41) is 1.49. The van der Waals surface area contributed by atoms with Gasteiger partial charge in [-0.3, -0.25) is 0 Å². The summed E-state index contributed by atoms with van der Waals surface area (Å²) in [7, 11) is 6.89. The quantitative estimate of drug-likeness (QED) is 0.216. The maximum Gasteiger partial charge on any atom is 0.0780 e. The van der Waals surface area contributed by atoms with Crippen molar-refractivity contribution >= 4 is 10.9 Å². The van der Waals surface area contributed by atoms with Crippen molar-refractivity contribution in [2.45, 2.75) is 103 Å². The van der Waals surface area contributed by atoms with Crippen LogP contribution in [0.25, 0.3) is 10.9 Å². The zero-order chi connectivity index (χ0) is 21.7. The molecule has 1 aromatic carbocycles. The Hall–Kier alpha value is -0.800. The van der Waals surface area contributed by atoms with Crippen LogP contribution in [0.4, 0.5) is 0 Å². The first-order chi connectivity index (χ1) is 14.5. The number of halogens is 1. The zero-order valence-electron chi connectivity index (χ0n) is 21.0. The molecule has 0 amide bonds. The van der Waals surface area contributed by atoms with Crippen molar-refractivity contribution < 1.29 is 21.5 Å². The molecule has 0 bridgehead atoms. The van der Waals surface area contributed by atoms with E-state index in [4.69, 9.17) is 0 Å². The van der Waals surface area contributed by atoms with Gasteiger partial charge in [0.1, 0.15) is 0 Å². The van der Waals surface area contributed by atoms with Crippen molar-refractivity contribution in [3.63, 3.8) is 0 Å². The minimum Gasteiger partial charge on any atom is -1.00 e. The van der Waals surface area contributed by atoms with Crippen LogP contribution in [0.15, 0.2) is 30.5 Å². The highest BCUT2D eigenvalue weighted by Crippen LogP contribution is 2.24. The van der Waals surface area contributed by atoms with Crippen LogP contribution < -0.4 is 17.0 Å². The fourth-order valence-corrected chi connectivity index (χ4v) is 4.56. The summed E-state index contributed by atoms with van der Waals surface area (Å²) in [6.45, 7) is 4.79. The number of para-hydroxylation sites is 1. The molecule has 0 saturated carbocycles. The van der Waals surface area contributed by atoms with Gasteiger partial charge in [-0.15, -0.1) is 0 Å². The van der Waals surface area contributed by atoms with Crippen molar-refractivity contribution in [2.24, 2.45) is 0 Å². The predicted octanol–water partition coefficient (Wildman–Crippen LogP) is 4.99. The second-order valence-corrected chi connectivity index (χ2v) is 10.4. The Morgan fingerprint density at radius 1 is 0.710 bits per heavy atom. The summed E-state index contributed by atoms with van der Waals surface area (Å²) < 4.78 is 3.63. The van der Waals surface area contributed by atoms with E-state index >= 15 is 0 Å². The summed E-state index contributed by atoms with van der Waals surface area (Å²) in [4.78, 5) is 0. The van der Waals surface area contributed by atoms with Gasteiger partial charge in [-0.2, -0.15) is 0 Å². The molecule has 2 rings (SSSR count). The third-order valence-electron chi connectivity index (χ3n) is 6.40. The number of rotatable bonds is 17. The molecule has 0 unspecified atom stereocenters. The largest absolute Gasteiger partial charge is 1.00 e. The lowest BCUT2D eigenvalue weighted by Gasteiger charge is -2.23. The Bertz CT molecular complexity index is 699. The molecule has 0 aliphatic heterocycles. The van der Waals surface area contributed by atoms with Crippen molar-refractivity contribution in [3.8, 4) is 0 Å². The maximum atomic E-state index is 2.53. The average Bonchev–Trinajstić information content (AvgIpc) is 3.06. The minimum atomic E-state index is 0. The molecule has 1 aromatic heterocycles. The van der Waals surface area contributed by atoms with Gasteiger partial charge in [0.25, 0.3) is 0 Å². The van der Waals surface area contributed by atoms with Crippen molar-refractivity contribution in [2.75, 3.05) is 27.7 Å². The molecule has 1 heterocycles. The first-order valence-corrected chi connectivity index (χ1v) is 12.9. The third kappa shape index (κ3) is 11.6. The predicted molar refractivity (Wildman–Crippen MR) is 134 cm³/mol.